The van der Waals surface area contributed by atoms with Crippen LogP contribution >= 0.6 is 22.9 Å². The van der Waals surface area contributed by atoms with Crippen molar-refractivity contribution in [2.75, 3.05) is 12.4 Å². The van der Waals surface area contributed by atoms with Crippen molar-refractivity contribution in [1.29, 1.82) is 0 Å². The third kappa shape index (κ3) is 2.27. The van der Waals surface area contributed by atoms with E-state index in [1.54, 1.807) is 17.5 Å². The average Bonchev–Trinajstić information content (AvgIpc) is 2.83. The van der Waals surface area contributed by atoms with Gasteiger partial charge in [-0.15, -0.1) is 11.3 Å². The summed E-state index contributed by atoms with van der Waals surface area (Å²) in [7, 11) is 1.85. The van der Waals surface area contributed by atoms with E-state index in [1.165, 1.54) is 0 Å². The summed E-state index contributed by atoms with van der Waals surface area (Å²) in [5.74, 6) is 1.47. The highest BCUT2D eigenvalue weighted by atomic mass is 35.5. The van der Waals surface area contributed by atoms with Crippen molar-refractivity contribution in [3.63, 3.8) is 0 Å². The molecule has 3 aromatic rings. The number of nitrogens with zero attached hydrogens (tertiary/aromatic N) is 3. The summed E-state index contributed by atoms with van der Waals surface area (Å²) in [6.07, 6.45) is 1.80. The molecule has 96 valence electrons. The lowest BCUT2D eigenvalue weighted by molar-refractivity contribution is 1.22. The van der Waals surface area contributed by atoms with Crippen LogP contribution in [0, 0.1) is 6.92 Å². The average molecular weight is 291 g/mol. The van der Waals surface area contributed by atoms with Crippen LogP contribution in [0.15, 0.2) is 24.4 Å². The molecule has 0 saturated carbocycles. The van der Waals surface area contributed by atoms with Crippen molar-refractivity contribution in [3.05, 3.63) is 34.4 Å². The van der Waals surface area contributed by atoms with Crippen molar-refractivity contribution in [2.45, 2.75) is 6.92 Å². The largest absolute Gasteiger partial charge is 0.373 e. The zero-order valence-corrected chi connectivity index (χ0v) is 12.0. The molecule has 1 N–H and O–H groups in total. The molecule has 6 heteroatoms. The molecule has 0 aliphatic heterocycles. The molecule has 0 aliphatic rings. The van der Waals surface area contributed by atoms with Gasteiger partial charge >= 0.3 is 0 Å². The molecule has 0 saturated heterocycles. The molecule has 0 aliphatic carbocycles. The second-order valence-electron chi connectivity index (χ2n) is 4.05. The molecule has 0 radical (unpaired) electrons. The number of hydrogen-bond acceptors (Lipinski definition) is 5. The van der Waals surface area contributed by atoms with Gasteiger partial charge in [0, 0.05) is 23.7 Å². The lowest BCUT2D eigenvalue weighted by atomic mass is 10.2. The lowest BCUT2D eigenvalue weighted by Gasteiger charge is -2.07. The number of nitrogens with one attached hydrogen (secondary N) is 1. The van der Waals surface area contributed by atoms with Crippen LogP contribution in [0.2, 0.25) is 5.02 Å². The fraction of sp³-hybridized carbons (Fsp3) is 0.154. The molecule has 4 nitrogen and oxygen atoms in total. The number of halogens is 1. The third-order valence-electron chi connectivity index (χ3n) is 2.74. The predicted octanol–water partition coefficient (Wildman–Crippen LogP) is 3.76. The Labute approximate surface area is 119 Å². The molecule has 0 bridgehead atoms. The van der Waals surface area contributed by atoms with E-state index in [9.17, 15) is 0 Å². The number of rotatable bonds is 2. The predicted molar refractivity (Wildman–Crippen MR) is 79.9 cm³/mol. The van der Waals surface area contributed by atoms with Gasteiger partial charge < -0.3 is 5.32 Å². The fourth-order valence-corrected chi connectivity index (χ4v) is 2.75. The Bertz CT molecular complexity index is 753. The zero-order chi connectivity index (χ0) is 13.4. The van der Waals surface area contributed by atoms with Gasteiger partial charge in [-0.2, -0.15) is 0 Å². The smallest absolute Gasteiger partial charge is 0.173 e. The Morgan fingerprint density at radius 2 is 2.11 bits per heavy atom. The van der Waals surface area contributed by atoms with Gasteiger partial charge in [-0.3, -0.25) is 0 Å². The minimum Gasteiger partial charge on any atom is -0.373 e. The fourth-order valence-electron chi connectivity index (χ4n) is 1.87. The Morgan fingerprint density at radius 3 is 2.79 bits per heavy atom. The summed E-state index contributed by atoms with van der Waals surface area (Å²) < 4.78 is 0. The molecular weight excluding hydrogens is 280 g/mol. The van der Waals surface area contributed by atoms with Crippen LogP contribution in [0.25, 0.3) is 21.6 Å². The summed E-state index contributed by atoms with van der Waals surface area (Å²) in [4.78, 5) is 14.3. The molecule has 0 atom stereocenters. The third-order valence-corrected chi connectivity index (χ3v) is 3.88. The van der Waals surface area contributed by atoms with Crippen molar-refractivity contribution in [1.82, 2.24) is 15.0 Å². The van der Waals surface area contributed by atoms with E-state index in [-0.39, 0.29) is 0 Å². The Kier molecular flexibility index (Phi) is 3.08. The highest BCUT2D eigenvalue weighted by molar-refractivity contribution is 7.14. The minimum atomic E-state index is 0.666. The molecule has 2 heterocycles. The minimum absolute atomic E-state index is 0.666. The SMILES string of the molecule is CNc1nc(-c2cnc(C)s2)nc2cc(Cl)ccc12. The van der Waals surface area contributed by atoms with Crippen LogP contribution in [0.4, 0.5) is 5.82 Å². The molecule has 3 rings (SSSR count). The first-order valence-corrected chi connectivity index (χ1v) is 6.94. The quantitative estimate of drug-likeness (QED) is 0.781. The van der Waals surface area contributed by atoms with E-state index in [0.29, 0.717) is 10.8 Å². The monoisotopic (exact) mass is 290 g/mol. The van der Waals surface area contributed by atoms with E-state index in [1.807, 2.05) is 32.2 Å². The molecule has 1 aromatic carbocycles. The number of aromatic nitrogens is 3. The van der Waals surface area contributed by atoms with Crippen molar-refractivity contribution in [2.24, 2.45) is 0 Å². The standard InChI is InChI=1S/C13H11ClN4S/c1-7-16-6-11(19-7)13-17-10-5-8(14)3-4-9(10)12(15-2)18-13/h3-6H,1-2H3,(H,15,17,18). The Hall–Kier alpha value is -1.72. The first-order chi connectivity index (χ1) is 9.17. The maximum Gasteiger partial charge on any atom is 0.173 e. The van der Waals surface area contributed by atoms with Crippen LogP contribution in [0.1, 0.15) is 5.01 Å². The molecule has 0 amide bonds. The number of anilines is 1. The number of hydrogen-bond donors (Lipinski definition) is 1. The second kappa shape index (κ2) is 4.75. The zero-order valence-electron chi connectivity index (χ0n) is 10.4. The highest BCUT2D eigenvalue weighted by Crippen LogP contribution is 2.29. The molecule has 19 heavy (non-hydrogen) atoms. The van der Waals surface area contributed by atoms with Crippen LogP contribution in [0.5, 0.6) is 0 Å². The van der Waals surface area contributed by atoms with Crippen molar-refractivity contribution in [3.8, 4) is 10.7 Å². The number of benzene rings is 1. The van der Waals surface area contributed by atoms with Crippen molar-refractivity contribution >= 4 is 39.7 Å². The summed E-state index contributed by atoms with van der Waals surface area (Å²) in [5, 5.41) is 5.71. The summed E-state index contributed by atoms with van der Waals surface area (Å²) in [6.45, 7) is 1.96. The van der Waals surface area contributed by atoms with Crippen molar-refractivity contribution < 1.29 is 0 Å². The Morgan fingerprint density at radius 1 is 1.26 bits per heavy atom. The molecular formula is C13H11ClN4S. The van der Waals surface area contributed by atoms with E-state index in [4.69, 9.17) is 11.6 Å². The first kappa shape index (κ1) is 12.3. The maximum absolute atomic E-state index is 6.03. The summed E-state index contributed by atoms with van der Waals surface area (Å²) in [6, 6.07) is 5.60. The summed E-state index contributed by atoms with van der Waals surface area (Å²) in [5.41, 5.74) is 0.827. The van der Waals surface area contributed by atoms with E-state index >= 15 is 0 Å². The van der Waals surface area contributed by atoms with Crippen LogP contribution in [0.3, 0.4) is 0 Å². The number of fused-ring (bicyclic) bond motifs is 1. The van der Waals surface area contributed by atoms with Gasteiger partial charge in [-0.05, 0) is 25.1 Å². The van der Waals surface area contributed by atoms with Gasteiger partial charge in [-0.1, -0.05) is 11.6 Å². The van der Waals surface area contributed by atoms with Gasteiger partial charge in [0.1, 0.15) is 5.82 Å². The molecule has 0 fully saturated rings. The van der Waals surface area contributed by atoms with Gasteiger partial charge in [-0.25, -0.2) is 15.0 Å². The van der Waals surface area contributed by atoms with Gasteiger partial charge in [0.05, 0.1) is 15.4 Å². The molecule has 0 spiro atoms. The highest BCUT2D eigenvalue weighted by Gasteiger charge is 2.10. The number of thiazole rings is 1. The van der Waals surface area contributed by atoms with Gasteiger partial charge in [0.15, 0.2) is 5.82 Å². The molecule has 0 unspecified atom stereocenters. The number of aryl methyl sites for hydroxylation is 1. The Balaban J connectivity index is 2.26. The van der Waals surface area contributed by atoms with Crippen LogP contribution < -0.4 is 5.32 Å². The van der Waals surface area contributed by atoms with Crippen LogP contribution in [-0.4, -0.2) is 22.0 Å². The van der Waals surface area contributed by atoms with E-state index in [2.05, 4.69) is 20.3 Å². The van der Waals surface area contributed by atoms with E-state index < -0.39 is 0 Å². The lowest BCUT2D eigenvalue weighted by Crippen LogP contribution is -1.98. The normalized spacial score (nSPS) is 10.9. The second-order valence-corrected chi connectivity index (χ2v) is 5.72. The van der Waals surface area contributed by atoms with Crippen LogP contribution in [-0.2, 0) is 0 Å². The summed E-state index contributed by atoms with van der Waals surface area (Å²) >= 11 is 7.60. The van der Waals surface area contributed by atoms with E-state index in [0.717, 1.165) is 26.6 Å². The maximum atomic E-state index is 6.03. The first-order valence-electron chi connectivity index (χ1n) is 5.75. The topological polar surface area (TPSA) is 50.7 Å². The van der Waals surface area contributed by atoms with Gasteiger partial charge in [0.25, 0.3) is 0 Å². The molecule has 2 aromatic heterocycles. The van der Waals surface area contributed by atoms with Gasteiger partial charge in [0.2, 0.25) is 0 Å².